The second-order valence-corrected chi connectivity index (χ2v) is 5.73. The van der Waals surface area contributed by atoms with E-state index in [1.165, 1.54) is 11.1 Å². The highest BCUT2D eigenvalue weighted by molar-refractivity contribution is 5.24. The normalized spacial score (nSPS) is 26.3. The fourth-order valence-corrected chi connectivity index (χ4v) is 2.85. The Labute approximate surface area is 116 Å². The molecule has 3 nitrogen and oxygen atoms in total. The van der Waals surface area contributed by atoms with Gasteiger partial charge in [-0.15, -0.1) is 0 Å². The van der Waals surface area contributed by atoms with Gasteiger partial charge in [-0.2, -0.15) is 0 Å². The van der Waals surface area contributed by atoms with E-state index >= 15 is 0 Å². The molecule has 1 aliphatic heterocycles. The second kappa shape index (κ2) is 6.51. The fraction of sp³-hybridized carbons (Fsp3) is 0.625. The van der Waals surface area contributed by atoms with Gasteiger partial charge in [0.05, 0.1) is 12.2 Å². The van der Waals surface area contributed by atoms with Crippen LogP contribution in [0.1, 0.15) is 31.0 Å². The van der Waals surface area contributed by atoms with Crippen LogP contribution in [-0.2, 0) is 4.74 Å². The molecule has 0 aliphatic carbocycles. The summed E-state index contributed by atoms with van der Waals surface area (Å²) in [7, 11) is 2.04. The molecule has 1 heterocycles. The van der Waals surface area contributed by atoms with Gasteiger partial charge in [-0.25, -0.2) is 0 Å². The van der Waals surface area contributed by atoms with E-state index < -0.39 is 0 Å². The van der Waals surface area contributed by atoms with Crippen molar-refractivity contribution < 1.29 is 4.74 Å². The van der Waals surface area contributed by atoms with Crippen LogP contribution in [0.3, 0.4) is 0 Å². The van der Waals surface area contributed by atoms with E-state index in [4.69, 9.17) is 4.74 Å². The monoisotopic (exact) mass is 262 g/mol. The first kappa shape index (κ1) is 14.5. The minimum absolute atomic E-state index is 0.333. The van der Waals surface area contributed by atoms with Crippen LogP contribution in [0.15, 0.2) is 24.3 Å². The average molecular weight is 262 g/mol. The Morgan fingerprint density at radius 3 is 2.32 bits per heavy atom. The lowest BCUT2D eigenvalue weighted by Crippen LogP contribution is -2.48. The van der Waals surface area contributed by atoms with Crippen molar-refractivity contribution in [1.29, 1.82) is 0 Å². The highest BCUT2D eigenvalue weighted by Crippen LogP contribution is 2.18. The van der Waals surface area contributed by atoms with Gasteiger partial charge in [0.2, 0.25) is 0 Å². The Hall–Kier alpha value is -0.900. The van der Waals surface area contributed by atoms with Crippen molar-refractivity contribution in [1.82, 2.24) is 10.2 Å². The van der Waals surface area contributed by atoms with Gasteiger partial charge >= 0.3 is 0 Å². The van der Waals surface area contributed by atoms with Gasteiger partial charge in [0, 0.05) is 25.7 Å². The third-order valence-electron chi connectivity index (χ3n) is 3.76. The van der Waals surface area contributed by atoms with Crippen molar-refractivity contribution in [3.8, 4) is 0 Å². The van der Waals surface area contributed by atoms with Gasteiger partial charge in [-0.1, -0.05) is 29.8 Å². The van der Waals surface area contributed by atoms with Gasteiger partial charge in [-0.3, -0.25) is 4.90 Å². The summed E-state index contributed by atoms with van der Waals surface area (Å²) < 4.78 is 5.79. The lowest BCUT2D eigenvalue weighted by Gasteiger charge is -2.37. The molecule has 0 radical (unpaired) electrons. The Kier molecular flexibility index (Phi) is 4.97. The van der Waals surface area contributed by atoms with Crippen molar-refractivity contribution in [2.24, 2.45) is 0 Å². The molecular weight excluding hydrogens is 236 g/mol. The summed E-state index contributed by atoms with van der Waals surface area (Å²) in [5.41, 5.74) is 2.67. The number of hydrogen-bond acceptors (Lipinski definition) is 3. The predicted molar refractivity (Wildman–Crippen MR) is 79.4 cm³/mol. The lowest BCUT2D eigenvalue weighted by atomic mass is 10.0. The number of aryl methyl sites for hydroxylation is 1. The van der Waals surface area contributed by atoms with Crippen LogP contribution in [0.4, 0.5) is 0 Å². The Bertz CT molecular complexity index is 380. The second-order valence-electron chi connectivity index (χ2n) is 5.73. The highest BCUT2D eigenvalue weighted by Gasteiger charge is 2.24. The maximum absolute atomic E-state index is 5.79. The first-order valence-electron chi connectivity index (χ1n) is 7.20. The molecule has 0 bridgehead atoms. The molecule has 1 aromatic carbocycles. The molecule has 0 spiro atoms. The number of nitrogens with one attached hydrogen (secondary N) is 1. The van der Waals surface area contributed by atoms with E-state index in [0.29, 0.717) is 18.2 Å². The number of ether oxygens (including phenoxy) is 1. The van der Waals surface area contributed by atoms with Crippen LogP contribution >= 0.6 is 0 Å². The summed E-state index contributed by atoms with van der Waals surface area (Å²) in [6.45, 7) is 9.52. The van der Waals surface area contributed by atoms with Crippen LogP contribution < -0.4 is 5.32 Å². The molecule has 2 rings (SSSR count). The summed E-state index contributed by atoms with van der Waals surface area (Å²) in [5, 5.41) is 3.43. The third-order valence-corrected chi connectivity index (χ3v) is 3.76. The number of morpholine rings is 1. The molecule has 3 atom stereocenters. The van der Waals surface area contributed by atoms with E-state index in [1.54, 1.807) is 0 Å². The van der Waals surface area contributed by atoms with E-state index in [-0.39, 0.29) is 0 Å². The van der Waals surface area contributed by atoms with E-state index in [9.17, 15) is 0 Å². The first-order valence-corrected chi connectivity index (χ1v) is 7.20. The summed E-state index contributed by atoms with van der Waals surface area (Å²) in [4.78, 5) is 2.50. The van der Waals surface area contributed by atoms with Crippen LogP contribution in [0.5, 0.6) is 0 Å². The number of nitrogens with zero attached hydrogens (tertiary/aromatic N) is 1. The molecule has 1 fully saturated rings. The molecule has 0 aromatic heterocycles. The molecule has 1 aliphatic rings. The fourth-order valence-electron chi connectivity index (χ4n) is 2.85. The van der Waals surface area contributed by atoms with Gasteiger partial charge in [0.15, 0.2) is 0 Å². The van der Waals surface area contributed by atoms with Crippen LogP contribution in [0.25, 0.3) is 0 Å². The van der Waals surface area contributed by atoms with Gasteiger partial charge in [-0.05, 0) is 33.4 Å². The molecule has 3 heteroatoms. The summed E-state index contributed by atoms with van der Waals surface area (Å²) >= 11 is 0. The van der Waals surface area contributed by atoms with Crippen molar-refractivity contribution in [2.45, 2.75) is 39.0 Å². The van der Waals surface area contributed by atoms with Crippen molar-refractivity contribution in [3.05, 3.63) is 35.4 Å². The topological polar surface area (TPSA) is 24.5 Å². The highest BCUT2D eigenvalue weighted by atomic mass is 16.5. The number of benzene rings is 1. The Morgan fingerprint density at radius 1 is 1.21 bits per heavy atom. The first-order chi connectivity index (χ1) is 9.08. The molecule has 3 unspecified atom stereocenters. The molecule has 1 saturated heterocycles. The minimum Gasteiger partial charge on any atom is -0.373 e. The number of likely N-dealkylation sites (N-methyl/N-ethyl adjacent to an activating group) is 1. The summed E-state index contributed by atoms with van der Waals surface area (Å²) in [6.07, 6.45) is 0.665. The van der Waals surface area contributed by atoms with Crippen molar-refractivity contribution in [2.75, 3.05) is 26.7 Å². The molecule has 19 heavy (non-hydrogen) atoms. The Balaban J connectivity index is 2.00. The zero-order chi connectivity index (χ0) is 13.8. The number of hydrogen-bond donors (Lipinski definition) is 1. The van der Waals surface area contributed by atoms with Gasteiger partial charge in [0.1, 0.15) is 0 Å². The van der Waals surface area contributed by atoms with Crippen LogP contribution in [0, 0.1) is 6.92 Å². The molecule has 0 saturated carbocycles. The summed E-state index contributed by atoms with van der Waals surface area (Å²) in [5.74, 6) is 0. The smallest absolute Gasteiger partial charge is 0.0678 e. The molecule has 106 valence electrons. The zero-order valence-corrected chi connectivity index (χ0v) is 12.5. The van der Waals surface area contributed by atoms with Gasteiger partial charge < -0.3 is 10.1 Å². The quantitative estimate of drug-likeness (QED) is 0.901. The lowest BCUT2D eigenvalue weighted by molar-refractivity contribution is -0.0698. The SMILES string of the molecule is CNC(CN1CC(C)OC(C)C1)c1ccc(C)cc1. The molecule has 0 amide bonds. The minimum atomic E-state index is 0.333. The average Bonchev–Trinajstić information content (AvgIpc) is 2.36. The van der Waals surface area contributed by atoms with Gasteiger partial charge in [0.25, 0.3) is 0 Å². The van der Waals surface area contributed by atoms with Crippen molar-refractivity contribution >= 4 is 0 Å². The van der Waals surface area contributed by atoms with Crippen LogP contribution in [-0.4, -0.2) is 43.8 Å². The van der Waals surface area contributed by atoms with E-state index in [1.807, 2.05) is 7.05 Å². The molecular formula is C16H26N2O. The predicted octanol–water partition coefficient (Wildman–Crippen LogP) is 2.36. The van der Waals surface area contributed by atoms with Crippen LogP contribution in [0.2, 0.25) is 0 Å². The van der Waals surface area contributed by atoms with E-state index in [0.717, 1.165) is 19.6 Å². The van der Waals surface area contributed by atoms with E-state index in [2.05, 4.69) is 55.3 Å². The van der Waals surface area contributed by atoms with Crippen molar-refractivity contribution in [3.63, 3.8) is 0 Å². The standard InChI is InChI=1S/C16H26N2O/c1-12-5-7-15(8-6-12)16(17-4)11-18-9-13(2)19-14(3)10-18/h5-8,13-14,16-17H,9-11H2,1-4H3. The molecule has 1 N–H and O–H groups in total. The molecule has 1 aromatic rings. The third kappa shape index (κ3) is 4.03. The zero-order valence-electron chi connectivity index (χ0n) is 12.5. The largest absolute Gasteiger partial charge is 0.373 e. The summed E-state index contributed by atoms with van der Waals surface area (Å²) in [6, 6.07) is 9.21. The maximum atomic E-state index is 5.79. The maximum Gasteiger partial charge on any atom is 0.0678 e. The number of rotatable bonds is 4. The Morgan fingerprint density at radius 2 is 1.79 bits per heavy atom.